The lowest BCUT2D eigenvalue weighted by Gasteiger charge is -2.29. The lowest BCUT2D eigenvalue weighted by molar-refractivity contribution is -0.117. The molecule has 0 aliphatic carbocycles. The molecule has 0 saturated heterocycles. The van der Waals surface area contributed by atoms with E-state index in [1.165, 1.54) is 5.57 Å². The molecule has 7 heteroatoms. The van der Waals surface area contributed by atoms with E-state index in [9.17, 15) is 18.0 Å². The largest absolute Gasteiger partial charge is 0.381 e. The van der Waals surface area contributed by atoms with Crippen molar-refractivity contribution in [1.82, 2.24) is 10.2 Å². The lowest BCUT2D eigenvalue weighted by Crippen LogP contribution is -2.39. The first kappa shape index (κ1) is 17.3. The van der Waals surface area contributed by atoms with Crippen LogP contribution in [0.4, 0.5) is 18.9 Å². The monoisotopic (exact) mass is 349 g/mol. The third-order valence-corrected chi connectivity index (χ3v) is 4.15. The van der Waals surface area contributed by atoms with Gasteiger partial charge in [0.05, 0.1) is 12.6 Å². The summed E-state index contributed by atoms with van der Waals surface area (Å²) in [6.07, 6.45) is 10.7. The Bertz CT molecular complexity index is 735. The van der Waals surface area contributed by atoms with Crippen LogP contribution < -0.4 is 10.6 Å². The Morgan fingerprint density at radius 2 is 2.00 bits per heavy atom. The highest BCUT2D eigenvalue weighted by Crippen LogP contribution is 2.21. The Labute approximate surface area is 143 Å². The number of rotatable bonds is 4. The number of nitrogens with one attached hydrogen (secondary N) is 2. The predicted octanol–water partition coefficient (Wildman–Crippen LogP) is 2.72. The SMILES string of the molecule is O=C(CN1CC=C(C2C=CC=CN2)CC1)Nc1c(F)cc(F)cc1F. The fraction of sp³-hybridized carbons (Fsp3) is 0.278. The van der Waals surface area contributed by atoms with Gasteiger partial charge >= 0.3 is 0 Å². The highest BCUT2D eigenvalue weighted by atomic mass is 19.1. The van der Waals surface area contributed by atoms with E-state index in [1.54, 1.807) is 0 Å². The zero-order chi connectivity index (χ0) is 17.8. The molecular weight excluding hydrogens is 331 g/mol. The number of allylic oxidation sites excluding steroid dienone is 2. The van der Waals surface area contributed by atoms with Gasteiger partial charge in [0.2, 0.25) is 5.91 Å². The van der Waals surface area contributed by atoms with Crippen molar-refractivity contribution in [3.8, 4) is 0 Å². The van der Waals surface area contributed by atoms with Gasteiger partial charge < -0.3 is 10.6 Å². The summed E-state index contributed by atoms with van der Waals surface area (Å²) >= 11 is 0. The summed E-state index contributed by atoms with van der Waals surface area (Å²) < 4.78 is 40.0. The first-order chi connectivity index (χ1) is 12.0. The van der Waals surface area contributed by atoms with Gasteiger partial charge in [0.25, 0.3) is 0 Å². The highest BCUT2D eigenvalue weighted by Gasteiger charge is 2.20. The van der Waals surface area contributed by atoms with Gasteiger partial charge in [0, 0.05) is 25.2 Å². The van der Waals surface area contributed by atoms with Crippen molar-refractivity contribution in [2.45, 2.75) is 12.5 Å². The summed E-state index contributed by atoms with van der Waals surface area (Å²) in [5.41, 5.74) is 0.621. The number of dihydropyridines is 1. The number of anilines is 1. The molecule has 1 unspecified atom stereocenters. The fourth-order valence-electron chi connectivity index (χ4n) is 2.87. The Balaban J connectivity index is 1.55. The summed E-state index contributed by atoms with van der Waals surface area (Å²) in [5.74, 6) is -3.83. The number of amides is 1. The van der Waals surface area contributed by atoms with Crippen LogP contribution in [0, 0.1) is 17.5 Å². The lowest BCUT2D eigenvalue weighted by atomic mass is 9.98. The van der Waals surface area contributed by atoms with Crippen molar-refractivity contribution in [3.05, 3.63) is 65.7 Å². The van der Waals surface area contributed by atoms with Gasteiger partial charge in [-0.1, -0.05) is 18.2 Å². The Kier molecular flexibility index (Phi) is 5.23. The molecule has 25 heavy (non-hydrogen) atoms. The zero-order valence-electron chi connectivity index (χ0n) is 13.4. The first-order valence-corrected chi connectivity index (χ1v) is 7.98. The Morgan fingerprint density at radius 1 is 1.24 bits per heavy atom. The molecule has 0 bridgehead atoms. The molecule has 3 rings (SSSR count). The molecule has 2 aliphatic rings. The molecule has 1 aromatic rings. The van der Waals surface area contributed by atoms with E-state index in [-0.39, 0.29) is 12.6 Å². The summed E-state index contributed by atoms with van der Waals surface area (Å²) in [6.45, 7) is 1.25. The van der Waals surface area contributed by atoms with Crippen molar-refractivity contribution in [2.24, 2.45) is 0 Å². The maximum absolute atomic E-state index is 13.6. The second-order valence-corrected chi connectivity index (χ2v) is 5.95. The number of nitrogens with zero attached hydrogens (tertiary/aromatic N) is 1. The minimum Gasteiger partial charge on any atom is -0.381 e. The molecule has 1 atom stereocenters. The normalized spacial score (nSPS) is 20.1. The molecule has 2 N–H and O–H groups in total. The van der Waals surface area contributed by atoms with E-state index < -0.39 is 29.0 Å². The topological polar surface area (TPSA) is 44.4 Å². The van der Waals surface area contributed by atoms with Crippen molar-refractivity contribution in [1.29, 1.82) is 0 Å². The minimum absolute atomic E-state index is 0.00781. The van der Waals surface area contributed by atoms with E-state index in [0.29, 0.717) is 25.2 Å². The van der Waals surface area contributed by atoms with Gasteiger partial charge in [-0.05, 0) is 24.3 Å². The van der Waals surface area contributed by atoms with Gasteiger partial charge in [0.1, 0.15) is 11.5 Å². The first-order valence-electron chi connectivity index (χ1n) is 7.98. The van der Waals surface area contributed by atoms with Crippen LogP contribution in [0.1, 0.15) is 6.42 Å². The second kappa shape index (κ2) is 7.57. The van der Waals surface area contributed by atoms with Crippen LogP contribution in [0.25, 0.3) is 0 Å². The summed E-state index contributed by atoms with van der Waals surface area (Å²) in [5, 5.41) is 5.42. The van der Waals surface area contributed by atoms with Crippen molar-refractivity contribution in [3.63, 3.8) is 0 Å². The smallest absolute Gasteiger partial charge is 0.238 e. The minimum atomic E-state index is -1.13. The average Bonchev–Trinajstić information content (AvgIpc) is 2.59. The number of halogens is 3. The number of carbonyl (C=O) groups is 1. The van der Waals surface area contributed by atoms with Gasteiger partial charge in [-0.25, -0.2) is 13.2 Å². The molecule has 132 valence electrons. The highest BCUT2D eigenvalue weighted by molar-refractivity contribution is 5.92. The van der Waals surface area contributed by atoms with Crippen molar-refractivity contribution in [2.75, 3.05) is 25.0 Å². The molecule has 1 amide bonds. The summed E-state index contributed by atoms with van der Waals surface area (Å²) in [7, 11) is 0. The van der Waals surface area contributed by atoms with Crippen LogP contribution >= 0.6 is 0 Å². The number of hydrogen-bond acceptors (Lipinski definition) is 3. The van der Waals surface area contributed by atoms with Crippen molar-refractivity contribution >= 4 is 11.6 Å². The van der Waals surface area contributed by atoms with Crippen LogP contribution in [-0.2, 0) is 4.79 Å². The van der Waals surface area contributed by atoms with Gasteiger partial charge in [-0.3, -0.25) is 9.69 Å². The third kappa shape index (κ3) is 4.30. The Morgan fingerprint density at radius 3 is 2.60 bits per heavy atom. The van der Waals surface area contributed by atoms with E-state index in [2.05, 4.69) is 22.8 Å². The molecular formula is C18H18F3N3O. The molecule has 4 nitrogen and oxygen atoms in total. The number of carbonyl (C=O) groups excluding carboxylic acids is 1. The standard InChI is InChI=1S/C18H18F3N3O/c19-13-9-14(20)18(15(21)10-13)23-17(25)11-24-7-4-12(5-8-24)16-3-1-2-6-22-16/h1-4,6,9-10,16,22H,5,7-8,11H2,(H,23,25). The average molecular weight is 349 g/mol. The number of hydrogen-bond donors (Lipinski definition) is 2. The maximum Gasteiger partial charge on any atom is 0.238 e. The Hall–Kier alpha value is -2.54. The molecule has 0 fully saturated rings. The van der Waals surface area contributed by atoms with Crippen LogP contribution in [-0.4, -0.2) is 36.5 Å². The molecule has 2 heterocycles. The van der Waals surface area contributed by atoms with E-state index >= 15 is 0 Å². The van der Waals surface area contributed by atoms with Gasteiger partial charge in [0.15, 0.2) is 11.6 Å². The third-order valence-electron chi connectivity index (χ3n) is 4.15. The number of benzene rings is 1. The van der Waals surface area contributed by atoms with Crippen LogP contribution in [0.5, 0.6) is 0 Å². The quantitative estimate of drug-likeness (QED) is 0.822. The van der Waals surface area contributed by atoms with Crippen LogP contribution in [0.15, 0.2) is 48.2 Å². The summed E-state index contributed by atoms with van der Waals surface area (Å²) in [4.78, 5) is 13.9. The van der Waals surface area contributed by atoms with Crippen molar-refractivity contribution < 1.29 is 18.0 Å². The van der Waals surface area contributed by atoms with Crippen LogP contribution in [0.3, 0.4) is 0 Å². The van der Waals surface area contributed by atoms with Gasteiger partial charge in [-0.15, -0.1) is 0 Å². The molecule has 0 radical (unpaired) electrons. The van der Waals surface area contributed by atoms with Crippen LogP contribution in [0.2, 0.25) is 0 Å². The van der Waals surface area contributed by atoms with E-state index in [4.69, 9.17) is 0 Å². The van der Waals surface area contributed by atoms with Gasteiger partial charge in [-0.2, -0.15) is 0 Å². The van der Waals surface area contributed by atoms with E-state index in [1.807, 2.05) is 23.3 Å². The zero-order valence-corrected chi connectivity index (χ0v) is 13.4. The second-order valence-electron chi connectivity index (χ2n) is 5.95. The molecule has 1 aromatic carbocycles. The molecule has 0 aromatic heterocycles. The fourth-order valence-corrected chi connectivity index (χ4v) is 2.87. The molecule has 2 aliphatic heterocycles. The maximum atomic E-state index is 13.6. The van der Waals surface area contributed by atoms with E-state index in [0.717, 1.165) is 6.42 Å². The summed E-state index contributed by atoms with van der Waals surface area (Å²) in [6, 6.07) is 1.24. The molecule has 0 saturated carbocycles. The molecule has 0 spiro atoms. The predicted molar refractivity (Wildman–Crippen MR) is 89.3 cm³/mol.